The van der Waals surface area contributed by atoms with E-state index < -0.39 is 0 Å². The fraction of sp³-hybridized carbons (Fsp3) is 0.294. The van der Waals surface area contributed by atoms with E-state index in [9.17, 15) is 4.79 Å². The monoisotopic (exact) mass is 600 g/mol. The molecule has 1 N–H and O–H groups in total. The molecule has 1 atom stereocenters. The molecule has 1 aliphatic heterocycles. The zero-order chi connectivity index (χ0) is 29.3. The summed E-state index contributed by atoms with van der Waals surface area (Å²) < 4.78 is 16.8. The molecule has 0 bridgehead atoms. The van der Waals surface area contributed by atoms with Crippen LogP contribution in [0.1, 0.15) is 59.1 Å². The highest BCUT2D eigenvalue weighted by molar-refractivity contribution is 7.16. The first-order chi connectivity index (χ1) is 20.2. The van der Waals surface area contributed by atoms with Gasteiger partial charge < -0.3 is 19.5 Å². The summed E-state index contributed by atoms with van der Waals surface area (Å²) in [6.07, 6.45) is 4.72. The first kappa shape index (κ1) is 28.3. The van der Waals surface area contributed by atoms with Gasteiger partial charge in [0.05, 0.1) is 5.56 Å². The first-order valence-electron chi connectivity index (χ1n) is 14.1. The van der Waals surface area contributed by atoms with E-state index in [0.717, 1.165) is 58.2 Å². The third-order valence-corrected chi connectivity index (χ3v) is 9.27. The molecule has 216 valence electrons. The number of amides is 1. The maximum Gasteiger partial charge on any atom is 0.259 e. The van der Waals surface area contributed by atoms with Gasteiger partial charge in [-0.15, -0.1) is 11.3 Å². The Hall–Kier alpha value is -3.81. The van der Waals surface area contributed by atoms with Crippen molar-refractivity contribution < 1.29 is 19.0 Å². The highest BCUT2D eigenvalue weighted by Crippen LogP contribution is 2.45. The van der Waals surface area contributed by atoms with Crippen molar-refractivity contribution in [3.05, 3.63) is 98.9 Å². The molecule has 3 aromatic carbocycles. The molecule has 2 aliphatic rings. The van der Waals surface area contributed by atoms with Crippen molar-refractivity contribution in [2.45, 2.75) is 46.6 Å². The summed E-state index contributed by atoms with van der Waals surface area (Å²) in [6, 6.07) is 20.8. The van der Waals surface area contributed by atoms with Crippen LogP contribution in [0.15, 0.2) is 71.7 Å². The molecule has 2 heterocycles. The summed E-state index contributed by atoms with van der Waals surface area (Å²) >= 11 is 7.68. The number of aliphatic imine (C=N–C) groups is 1. The molecule has 0 radical (unpaired) electrons. The molecule has 0 fully saturated rings. The van der Waals surface area contributed by atoms with Gasteiger partial charge in [-0.2, -0.15) is 0 Å². The molecule has 4 aromatic rings. The summed E-state index contributed by atoms with van der Waals surface area (Å²) in [4.78, 5) is 19.7. The van der Waals surface area contributed by atoms with Crippen LogP contribution in [0.5, 0.6) is 17.2 Å². The Morgan fingerprint density at radius 3 is 2.60 bits per heavy atom. The highest BCUT2D eigenvalue weighted by atomic mass is 35.5. The van der Waals surface area contributed by atoms with Crippen LogP contribution in [0, 0.1) is 11.3 Å². The van der Waals surface area contributed by atoms with Crippen LogP contribution in [0.4, 0.5) is 10.7 Å². The topological polar surface area (TPSA) is 69.1 Å². The minimum absolute atomic E-state index is 0.136. The maximum absolute atomic E-state index is 13.6. The number of anilines is 1. The Labute approximate surface area is 255 Å². The van der Waals surface area contributed by atoms with E-state index in [4.69, 9.17) is 30.8 Å². The molecule has 42 heavy (non-hydrogen) atoms. The minimum Gasteiger partial charge on any atom is -0.489 e. The number of nitrogens with one attached hydrogen (secondary N) is 1. The summed E-state index contributed by atoms with van der Waals surface area (Å²) in [5.41, 5.74) is 4.66. The average molecular weight is 601 g/mol. The zero-order valence-corrected chi connectivity index (χ0v) is 25.5. The highest BCUT2D eigenvalue weighted by Gasteiger charge is 2.33. The molecule has 0 spiro atoms. The van der Waals surface area contributed by atoms with E-state index in [1.54, 1.807) is 23.5 Å². The quantitative estimate of drug-likeness (QED) is 0.215. The molecule has 8 heteroatoms. The standard InChI is InChI=1S/C34H33ClN2O4S/c1-34(2,3)23-7-14-27-30(17-23)42-33(31(27)32(38)37-25-10-8-24(35)9-11-25)36-18-21-4-12-26(13-5-21)39-19-22-6-15-28-29(16-22)41-20-40-28/h4-6,8-13,15-16,18,23H,7,14,17,19-20H2,1-3H3,(H,37,38)/t23-/m1/s1. The van der Waals surface area contributed by atoms with Gasteiger partial charge in [0.1, 0.15) is 17.4 Å². The summed E-state index contributed by atoms with van der Waals surface area (Å²) in [6.45, 7) is 7.57. The maximum atomic E-state index is 13.6. The molecule has 0 saturated carbocycles. The minimum atomic E-state index is -0.136. The normalized spacial score (nSPS) is 16.0. The second kappa shape index (κ2) is 11.8. The third kappa shape index (κ3) is 6.32. The first-order valence-corrected chi connectivity index (χ1v) is 15.3. The number of carbonyl (C=O) groups is 1. The average Bonchev–Trinajstić information content (AvgIpc) is 3.60. The molecule has 1 aromatic heterocycles. The van der Waals surface area contributed by atoms with Crippen LogP contribution in [0.3, 0.4) is 0 Å². The number of thiophene rings is 1. The zero-order valence-electron chi connectivity index (χ0n) is 23.9. The molecule has 0 unspecified atom stereocenters. The number of ether oxygens (including phenoxy) is 3. The molecule has 6 rings (SSSR count). The van der Waals surface area contributed by atoms with Gasteiger partial charge in [0.2, 0.25) is 6.79 Å². The van der Waals surface area contributed by atoms with Crippen molar-refractivity contribution in [1.82, 2.24) is 0 Å². The van der Waals surface area contributed by atoms with Crippen molar-refractivity contribution in [2.24, 2.45) is 16.3 Å². The molecular formula is C34H33ClN2O4S. The van der Waals surface area contributed by atoms with E-state index in [0.29, 0.717) is 28.8 Å². The second-order valence-corrected chi connectivity index (χ2v) is 13.3. The van der Waals surface area contributed by atoms with Crippen LogP contribution < -0.4 is 19.5 Å². The van der Waals surface area contributed by atoms with Gasteiger partial charge in [0.25, 0.3) is 5.91 Å². The van der Waals surface area contributed by atoms with E-state index in [2.05, 4.69) is 26.1 Å². The van der Waals surface area contributed by atoms with Crippen LogP contribution >= 0.6 is 22.9 Å². The molecule has 0 saturated heterocycles. The Balaban J connectivity index is 1.19. The number of nitrogens with zero attached hydrogens (tertiary/aromatic N) is 1. The summed E-state index contributed by atoms with van der Waals surface area (Å²) in [7, 11) is 0. The third-order valence-electron chi connectivity index (χ3n) is 7.85. The lowest BCUT2D eigenvalue weighted by molar-refractivity contribution is 0.102. The summed E-state index contributed by atoms with van der Waals surface area (Å²) in [5, 5.41) is 4.42. The Morgan fingerprint density at radius 2 is 1.83 bits per heavy atom. The summed E-state index contributed by atoms with van der Waals surface area (Å²) in [5.74, 6) is 2.69. The number of hydrogen-bond acceptors (Lipinski definition) is 6. The van der Waals surface area contributed by atoms with Crippen LogP contribution in [-0.2, 0) is 19.4 Å². The van der Waals surface area contributed by atoms with E-state index >= 15 is 0 Å². The van der Waals surface area contributed by atoms with Gasteiger partial charge in [0, 0.05) is 21.8 Å². The van der Waals surface area contributed by atoms with E-state index in [-0.39, 0.29) is 18.1 Å². The fourth-order valence-corrected chi connectivity index (χ4v) is 6.74. The van der Waals surface area contributed by atoms with Crippen LogP contribution in [-0.4, -0.2) is 18.9 Å². The lowest BCUT2D eigenvalue weighted by Gasteiger charge is -2.33. The smallest absolute Gasteiger partial charge is 0.259 e. The van der Waals surface area contributed by atoms with Gasteiger partial charge in [-0.25, -0.2) is 4.99 Å². The SMILES string of the molecule is CC(C)(C)[C@@H]1CCc2c(sc(N=Cc3ccc(OCc4ccc5c(c4)OCO5)cc3)c2C(=O)Nc2ccc(Cl)cc2)C1. The van der Waals surface area contributed by atoms with Crippen LogP contribution in [0.2, 0.25) is 5.02 Å². The number of carbonyl (C=O) groups excluding carboxylic acids is 1. The van der Waals surface area contributed by atoms with Crippen molar-refractivity contribution in [1.29, 1.82) is 0 Å². The van der Waals surface area contributed by atoms with Crippen molar-refractivity contribution in [3.8, 4) is 17.2 Å². The fourth-order valence-electron chi connectivity index (χ4n) is 5.34. The number of benzene rings is 3. The largest absolute Gasteiger partial charge is 0.489 e. The predicted molar refractivity (Wildman–Crippen MR) is 169 cm³/mol. The number of rotatable bonds is 7. The van der Waals surface area contributed by atoms with Gasteiger partial charge >= 0.3 is 0 Å². The lowest BCUT2D eigenvalue weighted by Crippen LogP contribution is -2.27. The lowest BCUT2D eigenvalue weighted by atomic mass is 9.72. The second-order valence-electron chi connectivity index (χ2n) is 11.8. The predicted octanol–water partition coefficient (Wildman–Crippen LogP) is 8.86. The molecule has 1 amide bonds. The van der Waals surface area contributed by atoms with Gasteiger partial charge in [-0.3, -0.25) is 4.79 Å². The van der Waals surface area contributed by atoms with Gasteiger partial charge in [-0.05, 0) is 108 Å². The number of halogens is 1. The molecular weight excluding hydrogens is 568 g/mol. The van der Waals surface area contributed by atoms with Crippen molar-refractivity contribution in [3.63, 3.8) is 0 Å². The van der Waals surface area contributed by atoms with Gasteiger partial charge in [0.15, 0.2) is 11.5 Å². The van der Waals surface area contributed by atoms with Crippen LogP contribution in [0.25, 0.3) is 0 Å². The van der Waals surface area contributed by atoms with Crippen molar-refractivity contribution in [2.75, 3.05) is 12.1 Å². The van der Waals surface area contributed by atoms with Gasteiger partial charge in [-0.1, -0.05) is 38.4 Å². The Morgan fingerprint density at radius 1 is 1.07 bits per heavy atom. The van der Waals surface area contributed by atoms with E-state index in [1.807, 2.05) is 60.8 Å². The number of hydrogen-bond donors (Lipinski definition) is 1. The Bertz CT molecular complexity index is 1620. The Kier molecular flexibility index (Phi) is 7.97. The molecule has 1 aliphatic carbocycles. The molecule has 6 nitrogen and oxygen atoms in total. The van der Waals surface area contributed by atoms with E-state index in [1.165, 1.54) is 4.88 Å². The number of fused-ring (bicyclic) bond motifs is 2. The van der Waals surface area contributed by atoms with Crippen molar-refractivity contribution >= 4 is 45.7 Å².